The Balaban J connectivity index is 0.940. The van der Waals surface area contributed by atoms with E-state index in [0.29, 0.717) is 0 Å². The van der Waals surface area contributed by atoms with Crippen molar-refractivity contribution in [1.29, 1.82) is 0 Å². The van der Waals surface area contributed by atoms with E-state index in [1.807, 2.05) is 0 Å². The number of fused-ring (bicyclic) bond motifs is 12. The van der Waals surface area contributed by atoms with Crippen LogP contribution in [-0.4, -0.2) is 18.3 Å². The zero-order chi connectivity index (χ0) is 62.0. The van der Waals surface area contributed by atoms with Crippen LogP contribution in [0.3, 0.4) is 0 Å². The molecule has 0 aliphatic rings. The molecule has 90 heavy (non-hydrogen) atoms. The molecule has 4 nitrogen and oxygen atoms in total. The predicted octanol–water partition coefficient (Wildman–Crippen LogP) is 28.0. The van der Waals surface area contributed by atoms with Gasteiger partial charge in [-0.15, -0.1) is 0 Å². The third-order valence-electron chi connectivity index (χ3n) is 21.0. The number of hydrogen-bond donors (Lipinski definition) is 0. The molecule has 0 N–H and O–H groups in total. The lowest BCUT2D eigenvalue weighted by atomic mass is 10.0. The van der Waals surface area contributed by atoms with Crippen LogP contribution in [0.5, 0.6) is 0 Å². The van der Waals surface area contributed by atoms with Crippen molar-refractivity contribution < 1.29 is 0 Å². The van der Waals surface area contributed by atoms with E-state index < -0.39 is 0 Å². The molecule has 0 saturated heterocycles. The van der Waals surface area contributed by atoms with Crippen LogP contribution in [0.4, 0.5) is 0 Å². The zero-order valence-electron chi connectivity index (χ0n) is 57.4. The van der Waals surface area contributed by atoms with Gasteiger partial charge in [-0.3, -0.25) is 0 Å². The molecule has 10 rings (SSSR count). The summed E-state index contributed by atoms with van der Waals surface area (Å²) in [6.07, 6.45) is 59.2. The van der Waals surface area contributed by atoms with E-state index in [1.165, 1.54) is 355 Å². The first kappa shape index (κ1) is 67.2. The highest BCUT2D eigenvalue weighted by atomic mass is 15.0. The molecule has 0 aliphatic carbocycles. The van der Waals surface area contributed by atoms with E-state index in [4.69, 9.17) is 0 Å². The number of aromatic nitrogens is 4. The number of unbranched alkanes of at least 4 members (excludes halogenated alkanes) is 36. The van der Waals surface area contributed by atoms with Gasteiger partial charge in [0.05, 0.1) is 0 Å². The van der Waals surface area contributed by atoms with Gasteiger partial charge in [-0.1, -0.05) is 320 Å². The van der Waals surface area contributed by atoms with E-state index in [1.54, 1.807) is 0 Å². The molecule has 0 fully saturated rings. The Morgan fingerprint density at radius 3 is 0.678 bits per heavy atom. The number of benzene rings is 6. The molecule has 0 aliphatic heterocycles. The fourth-order valence-corrected chi connectivity index (χ4v) is 15.7. The van der Waals surface area contributed by atoms with Gasteiger partial charge in [0, 0.05) is 113 Å². The van der Waals surface area contributed by atoms with Crippen molar-refractivity contribution in [3.8, 4) is 0 Å². The summed E-state index contributed by atoms with van der Waals surface area (Å²) >= 11 is 0. The second kappa shape index (κ2) is 36.5. The second-order valence-electron chi connectivity index (χ2n) is 28.0. The topological polar surface area (TPSA) is 19.7 Å². The van der Waals surface area contributed by atoms with Crippen LogP contribution in [0, 0.1) is 0 Å². The molecular weight excluding hydrogens is 1090 g/mol. The van der Waals surface area contributed by atoms with Gasteiger partial charge in [0.1, 0.15) is 0 Å². The molecule has 0 saturated carbocycles. The van der Waals surface area contributed by atoms with Crippen molar-refractivity contribution in [2.75, 3.05) is 0 Å². The van der Waals surface area contributed by atoms with Gasteiger partial charge in [0.25, 0.3) is 0 Å². The van der Waals surface area contributed by atoms with Gasteiger partial charge in [0.15, 0.2) is 0 Å². The minimum Gasteiger partial charge on any atom is -0.340 e. The lowest BCUT2D eigenvalue weighted by Crippen LogP contribution is -1.99. The Morgan fingerprint density at radius 1 is 0.200 bits per heavy atom. The van der Waals surface area contributed by atoms with Gasteiger partial charge in [-0.25, -0.2) is 0 Å². The van der Waals surface area contributed by atoms with E-state index in [0.717, 1.165) is 26.2 Å². The smallest absolute Gasteiger partial charge is 0.0499 e. The average molecular weight is 1210 g/mol. The molecule has 4 aromatic heterocycles. The normalized spacial score (nSPS) is 12.4. The van der Waals surface area contributed by atoms with Gasteiger partial charge >= 0.3 is 0 Å². The molecular formula is C86H120N4. The van der Waals surface area contributed by atoms with Crippen molar-refractivity contribution in [3.63, 3.8) is 0 Å². The van der Waals surface area contributed by atoms with E-state index >= 15 is 0 Å². The monoisotopic (exact) mass is 1210 g/mol. The van der Waals surface area contributed by atoms with Crippen molar-refractivity contribution in [2.45, 2.75) is 311 Å². The summed E-state index contributed by atoms with van der Waals surface area (Å²) < 4.78 is 10.8. The summed E-state index contributed by atoms with van der Waals surface area (Å²) in [5.41, 5.74) is 13.7. The van der Waals surface area contributed by atoms with Gasteiger partial charge in [0.2, 0.25) is 0 Å². The maximum atomic E-state index is 2.70. The summed E-state index contributed by atoms with van der Waals surface area (Å²) in [6.45, 7) is 13.6. The van der Waals surface area contributed by atoms with Crippen LogP contribution in [0.2, 0.25) is 0 Å². The highest BCUT2D eigenvalue weighted by Gasteiger charge is 2.20. The summed E-state index contributed by atoms with van der Waals surface area (Å²) in [5, 5.41) is 11.2. The summed E-state index contributed by atoms with van der Waals surface area (Å²) in [4.78, 5) is 0. The molecule has 484 valence electrons. The largest absolute Gasteiger partial charge is 0.340 e. The maximum absolute atomic E-state index is 2.70. The first-order chi connectivity index (χ1) is 44.6. The molecule has 0 amide bonds. The van der Waals surface area contributed by atoms with Crippen LogP contribution in [0.25, 0.3) is 99.4 Å². The van der Waals surface area contributed by atoms with Gasteiger partial charge in [-0.05, 0) is 97.5 Å². The van der Waals surface area contributed by atoms with E-state index in [9.17, 15) is 0 Å². The van der Waals surface area contributed by atoms with Crippen LogP contribution >= 0.6 is 0 Å². The van der Waals surface area contributed by atoms with Gasteiger partial charge < -0.3 is 18.3 Å². The van der Waals surface area contributed by atoms with Crippen molar-refractivity contribution in [3.05, 3.63) is 120 Å². The van der Waals surface area contributed by atoms with E-state index in [2.05, 4.69) is 167 Å². The Kier molecular flexibility index (Phi) is 27.2. The minimum atomic E-state index is 1.06. The molecule has 0 bridgehead atoms. The number of rotatable bonds is 46. The molecule has 0 radical (unpaired) electrons. The molecule has 0 unspecified atom stereocenters. The lowest BCUT2D eigenvalue weighted by Gasteiger charge is -2.09. The first-order valence-electron chi connectivity index (χ1n) is 38.2. The summed E-state index contributed by atoms with van der Waals surface area (Å²) in [6, 6.07) is 43.6. The third-order valence-corrected chi connectivity index (χ3v) is 21.0. The number of para-hydroxylation sites is 2. The van der Waals surface area contributed by atoms with Crippen molar-refractivity contribution in [1.82, 2.24) is 18.3 Å². The Morgan fingerprint density at radius 2 is 0.411 bits per heavy atom. The van der Waals surface area contributed by atoms with Crippen LogP contribution in [0.15, 0.2) is 109 Å². The Labute approximate surface area is 545 Å². The molecule has 0 atom stereocenters. The van der Waals surface area contributed by atoms with Crippen molar-refractivity contribution >= 4 is 99.4 Å². The molecule has 10 aromatic rings. The Bertz CT molecular complexity index is 3530. The molecule has 0 spiro atoms. The molecule has 4 heterocycles. The quantitative estimate of drug-likeness (QED) is 0.0268. The maximum Gasteiger partial charge on any atom is 0.0499 e. The zero-order valence-corrected chi connectivity index (χ0v) is 57.4. The van der Waals surface area contributed by atoms with Crippen LogP contribution in [0.1, 0.15) is 296 Å². The van der Waals surface area contributed by atoms with Gasteiger partial charge in [-0.2, -0.15) is 0 Å². The standard InChI is InChI=1S/C86H120N4/c1-5-9-13-17-21-25-29-33-37-45-59-87-79-51-43-41-49-71(79)75-65-85-77(67-83(75)87)73-63-69(55-57-81(73)89(85)61-47-39-35-31-27-23-19-15-11-7-3)53-54-70-56-58-82-74(64-70)78-68-84-76(66-86(78)90(82)62-48-40-36-32-28-24-20-16-12-8-4)72-50-42-44-52-80(72)88(84)60-46-38-34-30-26-22-18-14-10-6-2/h41-44,49-58,63-68H,5-40,45-48,59-62H2,1-4H3. The highest BCUT2D eigenvalue weighted by Crippen LogP contribution is 2.41. The lowest BCUT2D eigenvalue weighted by molar-refractivity contribution is 0.541. The molecule has 6 aromatic carbocycles. The predicted molar refractivity (Wildman–Crippen MR) is 401 cm³/mol. The summed E-state index contributed by atoms with van der Waals surface area (Å²) in [7, 11) is 0. The fraction of sp³-hybridized carbons (Fsp3) is 0.558. The van der Waals surface area contributed by atoms with Crippen molar-refractivity contribution in [2.24, 2.45) is 0 Å². The summed E-state index contributed by atoms with van der Waals surface area (Å²) in [5.74, 6) is 0. The second-order valence-corrected chi connectivity index (χ2v) is 28.0. The molecule has 4 heteroatoms. The SMILES string of the molecule is CCCCCCCCCCCCn1c2ccccc2c2cc3c(cc21)c1cc(C=Cc2ccc4c(c2)c2cc5c(cc2n4CCCCCCCCCCCC)c2ccccc2n5CCCCCCCCCCCC)ccc1n3CCCCCCCCCCCC. The minimum absolute atomic E-state index is 1.06. The van der Waals surface area contributed by atoms with Crippen LogP contribution in [-0.2, 0) is 26.2 Å². The third kappa shape index (κ3) is 17.7. The Hall–Kier alpha value is -5.74. The van der Waals surface area contributed by atoms with Crippen LogP contribution < -0.4 is 0 Å². The van der Waals surface area contributed by atoms with E-state index in [-0.39, 0.29) is 0 Å². The highest BCUT2D eigenvalue weighted by molar-refractivity contribution is 6.19. The first-order valence-corrected chi connectivity index (χ1v) is 38.2. The number of nitrogens with zero attached hydrogens (tertiary/aromatic N) is 4. The number of hydrogen-bond acceptors (Lipinski definition) is 0. The average Bonchev–Trinajstić information content (AvgIpc) is 1.59. The number of aryl methyl sites for hydroxylation is 4. The fourth-order valence-electron chi connectivity index (χ4n) is 15.7.